The lowest BCUT2D eigenvalue weighted by atomic mass is 10.3. The summed E-state index contributed by atoms with van der Waals surface area (Å²) in [6.07, 6.45) is -4.34. The number of halogens is 3. The molecule has 5 nitrogen and oxygen atoms in total. The van der Waals surface area contributed by atoms with Gasteiger partial charge in [-0.25, -0.2) is 9.97 Å². The molecule has 1 heterocycles. The SMILES string of the molecule is Cc1cc(C(=N)N)nc(N(C)CC(F)(F)F)n1. The highest BCUT2D eigenvalue weighted by Gasteiger charge is 2.30. The van der Waals surface area contributed by atoms with Crippen molar-refractivity contribution in [3.05, 3.63) is 17.5 Å². The summed E-state index contributed by atoms with van der Waals surface area (Å²) in [5.41, 5.74) is 5.80. The van der Waals surface area contributed by atoms with E-state index in [1.807, 2.05) is 0 Å². The van der Waals surface area contributed by atoms with Crippen molar-refractivity contribution in [3.63, 3.8) is 0 Å². The van der Waals surface area contributed by atoms with Crippen molar-refractivity contribution in [2.45, 2.75) is 13.1 Å². The number of aromatic nitrogens is 2. The molecule has 0 aliphatic rings. The minimum absolute atomic E-state index is 0.104. The second-order valence-corrected chi connectivity index (χ2v) is 3.58. The Morgan fingerprint density at radius 1 is 1.47 bits per heavy atom. The summed E-state index contributed by atoms with van der Waals surface area (Å²) in [5, 5.41) is 7.20. The summed E-state index contributed by atoms with van der Waals surface area (Å²) in [6, 6.07) is 1.44. The van der Waals surface area contributed by atoms with Gasteiger partial charge in [0, 0.05) is 12.7 Å². The first kappa shape index (κ1) is 13.2. The predicted molar refractivity (Wildman–Crippen MR) is 57.1 cm³/mol. The Bertz CT molecular complexity index is 429. The van der Waals surface area contributed by atoms with Crippen LogP contribution in [0, 0.1) is 12.3 Å². The van der Waals surface area contributed by atoms with Crippen LogP contribution < -0.4 is 10.6 Å². The summed E-state index contributed by atoms with van der Waals surface area (Å²) < 4.78 is 36.6. The summed E-state index contributed by atoms with van der Waals surface area (Å²) >= 11 is 0. The number of alkyl halides is 3. The number of nitrogen functional groups attached to an aromatic ring is 1. The molecule has 0 saturated carbocycles. The van der Waals surface area contributed by atoms with Gasteiger partial charge in [0.2, 0.25) is 5.95 Å². The van der Waals surface area contributed by atoms with Crippen LogP contribution in [0.5, 0.6) is 0 Å². The van der Waals surface area contributed by atoms with Gasteiger partial charge in [0.05, 0.1) is 0 Å². The smallest absolute Gasteiger partial charge is 0.382 e. The molecule has 0 bridgehead atoms. The van der Waals surface area contributed by atoms with E-state index in [0.717, 1.165) is 4.90 Å². The van der Waals surface area contributed by atoms with E-state index in [0.29, 0.717) is 5.69 Å². The summed E-state index contributed by atoms with van der Waals surface area (Å²) in [4.78, 5) is 8.51. The molecule has 0 aromatic carbocycles. The van der Waals surface area contributed by atoms with Crippen molar-refractivity contribution in [3.8, 4) is 0 Å². The van der Waals surface area contributed by atoms with Gasteiger partial charge in [-0.05, 0) is 13.0 Å². The number of nitrogens with two attached hydrogens (primary N) is 1. The van der Waals surface area contributed by atoms with Gasteiger partial charge in [-0.1, -0.05) is 0 Å². The maximum atomic E-state index is 12.2. The molecule has 0 amide bonds. The maximum absolute atomic E-state index is 12.2. The average molecular weight is 247 g/mol. The molecule has 0 radical (unpaired) electrons. The molecule has 1 aromatic rings. The third-order valence-electron chi connectivity index (χ3n) is 1.88. The topological polar surface area (TPSA) is 78.9 Å². The van der Waals surface area contributed by atoms with Crippen LogP contribution in [0.2, 0.25) is 0 Å². The van der Waals surface area contributed by atoms with Crippen LogP contribution in [0.4, 0.5) is 19.1 Å². The van der Waals surface area contributed by atoms with Gasteiger partial charge in [-0.15, -0.1) is 0 Å². The van der Waals surface area contributed by atoms with Crippen LogP contribution in [-0.2, 0) is 0 Å². The monoisotopic (exact) mass is 247 g/mol. The predicted octanol–water partition coefficient (Wildman–Crippen LogP) is 1.07. The molecule has 17 heavy (non-hydrogen) atoms. The van der Waals surface area contributed by atoms with Crippen LogP contribution in [0.25, 0.3) is 0 Å². The third kappa shape index (κ3) is 3.89. The number of nitrogens with one attached hydrogen (secondary N) is 1. The van der Waals surface area contributed by atoms with Crippen molar-refractivity contribution in [2.75, 3.05) is 18.5 Å². The highest BCUT2D eigenvalue weighted by Crippen LogP contribution is 2.18. The molecule has 1 rings (SSSR count). The van der Waals surface area contributed by atoms with E-state index in [2.05, 4.69) is 9.97 Å². The number of anilines is 1. The third-order valence-corrected chi connectivity index (χ3v) is 1.88. The van der Waals surface area contributed by atoms with Crippen molar-refractivity contribution < 1.29 is 13.2 Å². The fourth-order valence-electron chi connectivity index (χ4n) is 1.20. The van der Waals surface area contributed by atoms with Crippen LogP contribution in [-0.4, -0.2) is 35.6 Å². The number of rotatable bonds is 3. The molecule has 94 valence electrons. The van der Waals surface area contributed by atoms with Gasteiger partial charge in [0.25, 0.3) is 0 Å². The van der Waals surface area contributed by atoms with E-state index in [1.165, 1.54) is 13.1 Å². The fourth-order valence-corrected chi connectivity index (χ4v) is 1.20. The average Bonchev–Trinajstić information content (AvgIpc) is 2.13. The quantitative estimate of drug-likeness (QED) is 0.618. The number of amidine groups is 1. The van der Waals surface area contributed by atoms with Crippen LogP contribution in [0.15, 0.2) is 6.07 Å². The van der Waals surface area contributed by atoms with Crippen LogP contribution in [0.1, 0.15) is 11.4 Å². The Balaban J connectivity index is 3.01. The molecule has 0 atom stereocenters. The maximum Gasteiger partial charge on any atom is 0.406 e. The van der Waals surface area contributed by atoms with Gasteiger partial charge in [-0.3, -0.25) is 5.41 Å². The van der Waals surface area contributed by atoms with Crippen molar-refractivity contribution in [2.24, 2.45) is 5.73 Å². The minimum atomic E-state index is -4.34. The second-order valence-electron chi connectivity index (χ2n) is 3.58. The Hall–Kier alpha value is -1.86. The number of nitrogens with zero attached hydrogens (tertiary/aromatic N) is 3. The minimum Gasteiger partial charge on any atom is -0.382 e. The molecule has 3 N–H and O–H groups in total. The van der Waals surface area contributed by atoms with Gasteiger partial charge in [-0.2, -0.15) is 13.2 Å². The standard InChI is InChI=1S/C9H12F3N5/c1-5-3-6(7(13)14)16-8(15-5)17(2)4-9(10,11)12/h3H,4H2,1-2H3,(H3,13,14). The summed E-state index contributed by atoms with van der Waals surface area (Å²) in [5.74, 6) is -0.412. The summed E-state index contributed by atoms with van der Waals surface area (Å²) in [6.45, 7) is 0.437. The first-order chi connectivity index (χ1) is 7.69. The van der Waals surface area contributed by atoms with Crippen molar-refractivity contribution >= 4 is 11.8 Å². The lowest BCUT2D eigenvalue weighted by Crippen LogP contribution is -2.32. The van der Waals surface area contributed by atoms with E-state index >= 15 is 0 Å². The molecular formula is C9H12F3N5. The van der Waals surface area contributed by atoms with E-state index in [9.17, 15) is 13.2 Å². The molecule has 0 fully saturated rings. The highest BCUT2D eigenvalue weighted by atomic mass is 19.4. The van der Waals surface area contributed by atoms with Gasteiger partial charge < -0.3 is 10.6 Å². The zero-order valence-corrected chi connectivity index (χ0v) is 9.34. The molecule has 8 heteroatoms. The second kappa shape index (κ2) is 4.56. The molecule has 0 aliphatic carbocycles. The van der Waals surface area contributed by atoms with Gasteiger partial charge in [0.1, 0.15) is 18.1 Å². The Labute approximate surface area is 96.0 Å². The number of hydrogen-bond acceptors (Lipinski definition) is 4. The zero-order chi connectivity index (χ0) is 13.2. The summed E-state index contributed by atoms with van der Waals surface area (Å²) in [7, 11) is 1.23. The first-order valence-corrected chi connectivity index (χ1v) is 4.67. The van der Waals surface area contributed by atoms with Crippen LogP contribution >= 0.6 is 0 Å². The molecular weight excluding hydrogens is 235 g/mol. The highest BCUT2D eigenvalue weighted by molar-refractivity contribution is 5.93. The first-order valence-electron chi connectivity index (χ1n) is 4.67. The van der Waals surface area contributed by atoms with Crippen molar-refractivity contribution in [1.29, 1.82) is 5.41 Å². The van der Waals surface area contributed by atoms with E-state index in [1.54, 1.807) is 6.92 Å². The van der Waals surface area contributed by atoms with E-state index in [4.69, 9.17) is 11.1 Å². The van der Waals surface area contributed by atoms with Gasteiger partial charge >= 0.3 is 6.18 Å². The molecule has 0 aliphatic heterocycles. The van der Waals surface area contributed by atoms with Crippen LogP contribution in [0.3, 0.4) is 0 Å². The largest absolute Gasteiger partial charge is 0.406 e. The van der Waals surface area contributed by atoms with Gasteiger partial charge in [0.15, 0.2) is 0 Å². The molecule has 0 unspecified atom stereocenters. The fraction of sp³-hybridized carbons (Fsp3) is 0.444. The Morgan fingerprint density at radius 3 is 2.53 bits per heavy atom. The van der Waals surface area contributed by atoms with E-state index in [-0.39, 0.29) is 17.5 Å². The molecule has 1 aromatic heterocycles. The van der Waals surface area contributed by atoms with E-state index < -0.39 is 12.7 Å². The Morgan fingerprint density at radius 2 is 2.06 bits per heavy atom. The lowest BCUT2D eigenvalue weighted by molar-refractivity contribution is -0.119. The number of hydrogen-bond donors (Lipinski definition) is 2. The Kier molecular flexibility index (Phi) is 3.54. The normalized spacial score (nSPS) is 11.4. The zero-order valence-electron chi connectivity index (χ0n) is 9.34. The molecule has 0 saturated heterocycles. The molecule has 0 spiro atoms. The number of aryl methyl sites for hydroxylation is 1. The lowest BCUT2D eigenvalue weighted by Gasteiger charge is -2.19. The van der Waals surface area contributed by atoms with Crippen molar-refractivity contribution in [1.82, 2.24) is 9.97 Å².